The minimum Gasteiger partial charge on any atom is -0.378 e. The van der Waals surface area contributed by atoms with Gasteiger partial charge in [0.1, 0.15) is 0 Å². The van der Waals surface area contributed by atoms with Crippen LogP contribution in [-0.2, 0) is 6.54 Å². The third-order valence-corrected chi connectivity index (χ3v) is 3.13. The molecule has 0 bridgehead atoms. The third-order valence-electron chi connectivity index (χ3n) is 2.48. The van der Waals surface area contributed by atoms with Crippen LogP contribution in [0.4, 0.5) is 5.69 Å². The summed E-state index contributed by atoms with van der Waals surface area (Å²) in [4.78, 5) is 7.24. The van der Waals surface area contributed by atoms with Gasteiger partial charge >= 0.3 is 0 Å². The molecule has 17 heavy (non-hydrogen) atoms. The molecular weight excluding hydrogens is 280 g/mol. The number of hydrogen-bond donors (Lipinski definition) is 2. The molecule has 1 aromatic carbocycles. The van der Waals surface area contributed by atoms with Crippen LogP contribution in [0.15, 0.2) is 29.0 Å². The fourth-order valence-electron chi connectivity index (χ4n) is 1.47. The summed E-state index contributed by atoms with van der Waals surface area (Å²) in [7, 11) is 0. The number of nitriles is 1. The number of benzene rings is 1. The van der Waals surface area contributed by atoms with Gasteiger partial charge in [0.15, 0.2) is 0 Å². The average Bonchev–Trinajstić information content (AvgIpc) is 2.73. The number of nitrogens with zero attached hydrogens (tertiary/aromatic N) is 2. The van der Waals surface area contributed by atoms with Crippen LogP contribution >= 0.6 is 15.9 Å². The number of aromatic nitrogens is 2. The summed E-state index contributed by atoms with van der Waals surface area (Å²) in [5.41, 5.74) is 3.63. The highest BCUT2D eigenvalue weighted by molar-refractivity contribution is 9.10. The van der Waals surface area contributed by atoms with E-state index in [2.05, 4.69) is 37.3 Å². The van der Waals surface area contributed by atoms with E-state index in [4.69, 9.17) is 5.26 Å². The summed E-state index contributed by atoms with van der Waals surface area (Å²) >= 11 is 3.43. The molecule has 4 nitrogen and oxygen atoms in total. The van der Waals surface area contributed by atoms with E-state index < -0.39 is 0 Å². The Morgan fingerprint density at radius 1 is 1.53 bits per heavy atom. The number of rotatable bonds is 3. The Balaban J connectivity index is 2.10. The smallest absolute Gasteiger partial charge is 0.0992 e. The maximum Gasteiger partial charge on any atom is 0.0992 e. The summed E-state index contributed by atoms with van der Waals surface area (Å²) in [5.74, 6) is 0. The second-order valence-corrected chi connectivity index (χ2v) is 4.49. The van der Waals surface area contributed by atoms with Crippen LogP contribution in [0.25, 0.3) is 0 Å². The van der Waals surface area contributed by atoms with Gasteiger partial charge in [0.25, 0.3) is 0 Å². The molecule has 0 saturated heterocycles. The number of aromatic amines is 1. The third kappa shape index (κ3) is 2.66. The first-order valence-corrected chi connectivity index (χ1v) is 5.92. The molecular formula is C12H11BrN4. The van der Waals surface area contributed by atoms with E-state index in [1.165, 1.54) is 0 Å². The molecule has 5 heteroatoms. The van der Waals surface area contributed by atoms with Crippen molar-refractivity contribution in [1.82, 2.24) is 9.97 Å². The fraction of sp³-hybridized carbons (Fsp3) is 0.167. The summed E-state index contributed by atoms with van der Waals surface area (Å²) in [5, 5.41) is 12.0. The molecule has 0 amide bonds. The largest absolute Gasteiger partial charge is 0.378 e. The summed E-state index contributed by atoms with van der Waals surface area (Å²) in [6.07, 6.45) is 1.68. The molecule has 0 fully saturated rings. The van der Waals surface area contributed by atoms with Crippen molar-refractivity contribution in [2.45, 2.75) is 13.5 Å². The Labute approximate surface area is 108 Å². The Bertz CT molecular complexity index is 568. The van der Waals surface area contributed by atoms with Gasteiger partial charge in [-0.05, 0) is 41.1 Å². The lowest BCUT2D eigenvalue weighted by molar-refractivity contribution is 1.05. The summed E-state index contributed by atoms with van der Waals surface area (Å²) in [6, 6.07) is 7.55. The van der Waals surface area contributed by atoms with Crippen molar-refractivity contribution in [2.24, 2.45) is 0 Å². The van der Waals surface area contributed by atoms with Gasteiger partial charge in [0.2, 0.25) is 0 Å². The van der Waals surface area contributed by atoms with Gasteiger partial charge in [-0.25, -0.2) is 4.98 Å². The van der Waals surface area contributed by atoms with Crippen molar-refractivity contribution in [3.05, 3.63) is 46.0 Å². The van der Waals surface area contributed by atoms with Gasteiger partial charge < -0.3 is 10.3 Å². The highest BCUT2D eigenvalue weighted by Crippen LogP contribution is 2.23. The number of nitrogens with one attached hydrogen (secondary N) is 2. The molecule has 1 heterocycles. The predicted molar refractivity (Wildman–Crippen MR) is 69.5 cm³/mol. The van der Waals surface area contributed by atoms with Crippen LogP contribution in [0.3, 0.4) is 0 Å². The van der Waals surface area contributed by atoms with E-state index in [1.807, 2.05) is 13.0 Å². The van der Waals surface area contributed by atoms with Crippen molar-refractivity contribution in [3.8, 4) is 6.07 Å². The normalized spacial score (nSPS) is 9.94. The molecule has 0 aliphatic carbocycles. The van der Waals surface area contributed by atoms with Crippen molar-refractivity contribution >= 4 is 21.6 Å². The topological polar surface area (TPSA) is 64.5 Å². The molecule has 2 aromatic rings. The lowest BCUT2D eigenvalue weighted by Crippen LogP contribution is -2.02. The number of halogens is 1. The monoisotopic (exact) mass is 290 g/mol. The zero-order chi connectivity index (χ0) is 12.3. The zero-order valence-corrected chi connectivity index (χ0v) is 10.9. The molecule has 2 rings (SSSR count). The van der Waals surface area contributed by atoms with E-state index in [9.17, 15) is 0 Å². The predicted octanol–water partition coefficient (Wildman–Crippen LogP) is 2.96. The molecule has 0 radical (unpaired) electrons. The number of H-pyrrole nitrogens is 1. The van der Waals surface area contributed by atoms with Crippen molar-refractivity contribution in [1.29, 1.82) is 5.26 Å². The van der Waals surface area contributed by atoms with Crippen molar-refractivity contribution in [3.63, 3.8) is 0 Å². The second kappa shape index (κ2) is 5.02. The van der Waals surface area contributed by atoms with E-state index >= 15 is 0 Å². The highest BCUT2D eigenvalue weighted by atomic mass is 79.9. The molecule has 0 spiro atoms. The second-order valence-electron chi connectivity index (χ2n) is 3.63. The van der Waals surface area contributed by atoms with Crippen LogP contribution in [0, 0.1) is 18.3 Å². The first-order chi connectivity index (χ1) is 8.20. The SMILES string of the molecule is Cc1[nH]cnc1CNc1ccc(C#N)cc1Br. The fourth-order valence-corrected chi connectivity index (χ4v) is 1.99. The van der Waals surface area contributed by atoms with Crippen LogP contribution in [0.2, 0.25) is 0 Å². The van der Waals surface area contributed by atoms with Crippen LogP contribution in [0.5, 0.6) is 0 Å². The Kier molecular flexibility index (Phi) is 3.45. The first kappa shape index (κ1) is 11.7. The summed E-state index contributed by atoms with van der Waals surface area (Å²) in [6.45, 7) is 2.64. The molecule has 0 aliphatic heterocycles. The maximum absolute atomic E-state index is 8.76. The van der Waals surface area contributed by atoms with E-state index in [0.717, 1.165) is 21.5 Å². The van der Waals surface area contributed by atoms with Gasteiger partial charge in [0, 0.05) is 15.9 Å². The highest BCUT2D eigenvalue weighted by Gasteiger charge is 2.04. The average molecular weight is 291 g/mol. The van der Waals surface area contributed by atoms with Gasteiger partial charge in [0.05, 0.1) is 30.2 Å². The molecule has 1 aromatic heterocycles. The summed E-state index contributed by atoms with van der Waals surface area (Å²) < 4.78 is 0.879. The minimum absolute atomic E-state index is 0.637. The molecule has 86 valence electrons. The Morgan fingerprint density at radius 3 is 2.94 bits per heavy atom. The molecule has 0 unspecified atom stereocenters. The Morgan fingerprint density at radius 2 is 2.35 bits per heavy atom. The number of anilines is 1. The van der Waals surface area contributed by atoms with Gasteiger partial charge in [-0.1, -0.05) is 0 Å². The number of aryl methyl sites for hydroxylation is 1. The van der Waals surface area contributed by atoms with Gasteiger partial charge in [-0.15, -0.1) is 0 Å². The quantitative estimate of drug-likeness (QED) is 0.913. The van der Waals surface area contributed by atoms with Crippen LogP contribution < -0.4 is 5.32 Å². The molecule has 0 saturated carbocycles. The zero-order valence-electron chi connectivity index (χ0n) is 9.29. The molecule has 2 N–H and O–H groups in total. The number of hydrogen-bond acceptors (Lipinski definition) is 3. The van der Waals surface area contributed by atoms with Gasteiger partial charge in [-0.3, -0.25) is 0 Å². The van der Waals surface area contributed by atoms with Crippen LogP contribution in [0.1, 0.15) is 17.0 Å². The van der Waals surface area contributed by atoms with Crippen molar-refractivity contribution in [2.75, 3.05) is 5.32 Å². The number of imidazole rings is 1. The van der Waals surface area contributed by atoms with Crippen LogP contribution in [-0.4, -0.2) is 9.97 Å². The molecule has 0 atom stereocenters. The van der Waals surface area contributed by atoms with E-state index in [1.54, 1.807) is 18.5 Å². The lowest BCUT2D eigenvalue weighted by Gasteiger charge is -2.07. The Hall–Kier alpha value is -1.80. The van der Waals surface area contributed by atoms with E-state index in [0.29, 0.717) is 12.1 Å². The van der Waals surface area contributed by atoms with E-state index in [-0.39, 0.29) is 0 Å². The lowest BCUT2D eigenvalue weighted by atomic mass is 10.2. The minimum atomic E-state index is 0.637. The maximum atomic E-state index is 8.76. The molecule has 0 aliphatic rings. The van der Waals surface area contributed by atoms with Gasteiger partial charge in [-0.2, -0.15) is 5.26 Å². The first-order valence-electron chi connectivity index (χ1n) is 5.13. The van der Waals surface area contributed by atoms with Crippen molar-refractivity contribution < 1.29 is 0 Å². The standard InChI is InChI=1S/C12H11BrN4/c1-8-12(17-7-16-8)6-15-11-3-2-9(5-14)4-10(11)13/h2-4,7,15H,6H2,1H3,(H,16,17).